The number of non-ortho nitro benzene ring substituents is 1. The number of azo groups is 1. The lowest BCUT2D eigenvalue weighted by atomic mass is 10.1. The number of rotatable bonds is 5. The number of nitrogens with zero attached hydrogens (tertiary/aromatic N) is 3. The van der Waals surface area contributed by atoms with Crippen LogP contribution < -0.4 is 4.74 Å². The van der Waals surface area contributed by atoms with Crippen molar-refractivity contribution >= 4 is 39.0 Å². The van der Waals surface area contributed by atoms with Gasteiger partial charge in [0.15, 0.2) is 12.3 Å². The van der Waals surface area contributed by atoms with Gasteiger partial charge in [0.2, 0.25) is 5.88 Å². The largest absolute Gasteiger partial charge is 0.493 e. The summed E-state index contributed by atoms with van der Waals surface area (Å²) < 4.78 is 5.56. The summed E-state index contributed by atoms with van der Waals surface area (Å²) in [5.74, 6) is -0.471. The van der Waals surface area contributed by atoms with E-state index in [2.05, 4.69) is 15.2 Å². The fourth-order valence-corrected chi connectivity index (χ4v) is 2.96. The molecule has 4 aromatic rings. The third-order valence-electron chi connectivity index (χ3n) is 4.31. The summed E-state index contributed by atoms with van der Waals surface area (Å²) in [5, 5.41) is 30.4. The molecule has 0 spiro atoms. The predicted octanol–water partition coefficient (Wildman–Crippen LogP) is 4.62. The van der Waals surface area contributed by atoms with Crippen LogP contribution in [0.3, 0.4) is 0 Å². The molecule has 9 nitrogen and oxygen atoms in total. The van der Waals surface area contributed by atoms with E-state index in [-0.39, 0.29) is 29.2 Å². The number of nitrogens with one attached hydrogen (secondary N) is 1. The Kier molecular flexibility index (Phi) is 4.62. The Labute approximate surface area is 163 Å². The van der Waals surface area contributed by atoms with Crippen molar-refractivity contribution in [1.29, 1.82) is 0 Å². The number of nitro benzene ring substituents is 1. The molecule has 29 heavy (non-hydrogen) atoms. The molecule has 0 fully saturated rings. The number of hydrogen-bond donors (Lipinski definition) is 2. The zero-order chi connectivity index (χ0) is 20.4. The number of aromatic hydroxyl groups is 1. The van der Waals surface area contributed by atoms with Crippen LogP contribution >= 0.6 is 0 Å². The van der Waals surface area contributed by atoms with Crippen LogP contribution in [0.5, 0.6) is 11.6 Å². The van der Waals surface area contributed by atoms with E-state index in [0.717, 1.165) is 10.8 Å². The zero-order valence-electron chi connectivity index (χ0n) is 14.9. The molecule has 0 aliphatic heterocycles. The second-order valence-corrected chi connectivity index (χ2v) is 6.17. The first-order chi connectivity index (χ1) is 14.0. The summed E-state index contributed by atoms with van der Waals surface area (Å²) in [6.07, 6.45) is 0. The average molecular weight is 390 g/mol. The van der Waals surface area contributed by atoms with Gasteiger partial charge in [0, 0.05) is 22.9 Å². The van der Waals surface area contributed by atoms with Crippen molar-refractivity contribution in [2.45, 2.75) is 0 Å². The van der Waals surface area contributed by atoms with E-state index in [9.17, 15) is 20.0 Å². The van der Waals surface area contributed by atoms with E-state index in [1.165, 1.54) is 18.2 Å². The Hall–Kier alpha value is -4.27. The van der Waals surface area contributed by atoms with Gasteiger partial charge in [-0.05, 0) is 17.5 Å². The molecule has 1 heterocycles. The van der Waals surface area contributed by atoms with Gasteiger partial charge < -0.3 is 14.8 Å². The molecular weight excluding hydrogens is 376 g/mol. The lowest BCUT2D eigenvalue weighted by molar-refractivity contribution is -0.384. The maximum atomic E-state index is 12.1. The zero-order valence-corrected chi connectivity index (χ0v) is 14.9. The number of amides is 1. The molecule has 0 bridgehead atoms. The predicted molar refractivity (Wildman–Crippen MR) is 106 cm³/mol. The first kappa shape index (κ1) is 18.1. The van der Waals surface area contributed by atoms with Gasteiger partial charge in [-0.2, -0.15) is 0 Å². The first-order valence-corrected chi connectivity index (χ1v) is 8.57. The molecule has 9 heteroatoms. The van der Waals surface area contributed by atoms with Gasteiger partial charge in [0.25, 0.3) is 5.69 Å². The maximum Gasteiger partial charge on any atom is 0.302 e. The lowest BCUT2D eigenvalue weighted by Gasteiger charge is -2.06. The standard InChI is InChI=1S/C20H14N4O5/c25-18(11-29-17-7-3-5-12-4-1-2-6-14(12)17)22-23-19-15-10-13(24(27)28)8-9-16(15)21-20(19)26/h1-10,21,26H,11H2. The smallest absolute Gasteiger partial charge is 0.302 e. The molecule has 0 unspecified atom stereocenters. The highest BCUT2D eigenvalue weighted by Gasteiger charge is 2.15. The van der Waals surface area contributed by atoms with Crippen LogP contribution in [0, 0.1) is 10.1 Å². The molecule has 144 valence electrons. The summed E-state index contributed by atoms with van der Waals surface area (Å²) >= 11 is 0. The van der Waals surface area contributed by atoms with Gasteiger partial charge >= 0.3 is 5.91 Å². The minimum atomic E-state index is -0.669. The normalized spacial score (nSPS) is 11.3. The van der Waals surface area contributed by atoms with Crippen molar-refractivity contribution < 1.29 is 19.6 Å². The molecule has 4 rings (SSSR count). The van der Waals surface area contributed by atoms with Crippen LogP contribution in [0.15, 0.2) is 70.9 Å². The Morgan fingerprint density at radius 1 is 1.10 bits per heavy atom. The molecule has 1 amide bonds. The van der Waals surface area contributed by atoms with Gasteiger partial charge in [0.05, 0.1) is 10.4 Å². The van der Waals surface area contributed by atoms with Crippen molar-refractivity contribution in [1.82, 2.24) is 4.98 Å². The van der Waals surface area contributed by atoms with Crippen molar-refractivity contribution in [3.05, 3.63) is 70.8 Å². The van der Waals surface area contributed by atoms with Gasteiger partial charge in [0.1, 0.15) is 5.75 Å². The highest BCUT2D eigenvalue weighted by molar-refractivity contribution is 5.96. The first-order valence-electron chi connectivity index (χ1n) is 8.57. The number of nitro groups is 1. The van der Waals surface area contributed by atoms with Crippen LogP contribution in [-0.2, 0) is 4.79 Å². The number of H-pyrrole nitrogens is 1. The van der Waals surface area contributed by atoms with Gasteiger partial charge in [-0.15, -0.1) is 10.2 Å². The SMILES string of the molecule is O=C(COc1cccc2ccccc12)N=Nc1c(O)[nH]c2ccc([N+](=O)[O-])cc12. The summed E-state index contributed by atoms with van der Waals surface area (Å²) in [4.78, 5) is 25.1. The van der Waals surface area contributed by atoms with E-state index in [0.29, 0.717) is 11.3 Å². The monoisotopic (exact) mass is 390 g/mol. The van der Waals surface area contributed by atoms with Crippen LogP contribution in [0.2, 0.25) is 0 Å². The Morgan fingerprint density at radius 3 is 2.72 bits per heavy atom. The topological polar surface area (TPSA) is 130 Å². The third-order valence-corrected chi connectivity index (χ3v) is 4.31. The number of fused-ring (bicyclic) bond motifs is 2. The van der Waals surface area contributed by atoms with Crippen molar-refractivity contribution in [3.8, 4) is 11.6 Å². The van der Waals surface area contributed by atoms with E-state index < -0.39 is 10.8 Å². The van der Waals surface area contributed by atoms with Crippen molar-refractivity contribution in [2.24, 2.45) is 10.2 Å². The highest BCUT2D eigenvalue weighted by atomic mass is 16.6. The number of aromatic amines is 1. The molecule has 3 aromatic carbocycles. The van der Waals surface area contributed by atoms with E-state index in [1.54, 1.807) is 6.07 Å². The molecular formula is C20H14N4O5. The van der Waals surface area contributed by atoms with Gasteiger partial charge in [-0.25, -0.2) is 0 Å². The van der Waals surface area contributed by atoms with Crippen molar-refractivity contribution in [3.63, 3.8) is 0 Å². The fourth-order valence-electron chi connectivity index (χ4n) is 2.96. The molecule has 0 saturated carbocycles. The Morgan fingerprint density at radius 2 is 1.90 bits per heavy atom. The quantitative estimate of drug-likeness (QED) is 0.292. The number of aromatic nitrogens is 1. The summed E-state index contributed by atoms with van der Waals surface area (Å²) in [5.41, 5.74) is 0.210. The van der Waals surface area contributed by atoms with E-state index >= 15 is 0 Å². The Balaban J connectivity index is 1.53. The van der Waals surface area contributed by atoms with E-state index in [1.807, 2.05) is 36.4 Å². The summed E-state index contributed by atoms with van der Waals surface area (Å²) in [6.45, 7) is -0.346. The second-order valence-electron chi connectivity index (χ2n) is 6.17. The molecule has 0 aliphatic carbocycles. The minimum Gasteiger partial charge on any atom is -0.493 e. The molecule has 0 atom stereocenters. The number of carbonyl (C=O) groups excluding carboxylic acids is 1. The highest BCUT2D eigenvalue weighted by Crippen LogP contribution is 2.37. The molecule has 2 N–H and O–H groups in total. The molecule has 0 aliphatic rings. The fraction of sp³-hybridized carbons (Fsp3) is 0.0500. The minimum absolute atomic E-state index is 0.0535. The van der Waals surface area contributed by atoms with Crippen LogP contribution in [-0.4, -0.2) is 27.5 Å². The third kappa shape index (κ3) is 3.61. The summed E-state index contributed by atoms with van der Waals surface area (Å²) in [7, 11) is 0. The average Bonchev–Trinajstić information content (AvgIpc) is 3.04. The molecule has 0 radical (unpaired) electrons. The maximum absolute atomic E-state index is 12.1. The second kappa shape index (κ2) is 7.39. The van der Waals surface area contributed by atoms with E-state index in [4.69, 9.17) is 4.74 Å². The van der Waals surface area contributed by atoms with Gasteiger partial charge in [-0.3, -0.25) is 14.9 Å². The van der Waals surface area contributed by atoms with Crippen LogP contribution in [0.25, 0.3) is 21.7 Å². The Bertz CT molecular complexity index is 1270. The number of hydrogen-bond acceptors (Lipinski definition) is 6. The van der Waals surface area contributed by atoms with Gasteiger partial charge in [-0.1, -0.05) is 36.4 Å². The number of ether oxygens (including phenoxy) is 1. The van der Waals surface area contributed by atoms with Crippen molar-refractivity contribution in [2.75, 3.05) is 6.61 Å². The summed E-state index contributed by atoms with van der Waals surface area (Å²) in [6, 6.07) is 17.1. The van der Waals surface area contributed by atoms with Crippen LogP contribution in [0.4, 0.5) is 11.4 Å². The number of carbonyl (C=O) groups is 1. The van der Waals surface area contributed by atoms with Crippen LogP contribution in [0.1, 0.15) is 0 Å². The molecule has 0 saturated heterocycles. The molecule has 1 aromatic heterocycles. The lowest BCUT2D eigenvalue weighted by Crippen LogP contribution is -2.08. The number of benzene rings is 3.